The van der Waals surface area contributed by atoms with Crippen LogP contribution in [0.2, 0.25) is 0 Å². The van der Waals surface area contributed by atoms with Crippen molar-refractivity contribution in [3.63, 3.8) is 0 Å². The van der Waals surface area contributed by atoms with Gasteiger partial charge in [0.25, 0.3) is 0 Å². The van der Waals surface area contributed by atoms with E-state index in [-0.39, 0.29) is 56.7 Å². The van der Waals surface area contributed by atoms with E-state index >= 15 is 0 Å². The van der Waals surface area contributed by atoms with Crippen LogP contribution in [0.4, 0.5) is 22.7 Å². The number of ketones is 2. The summed E-state index contributed by atoms with van der Waals surface area (Å²) in [6, 6.07) is 19.1. The summed E-state index contributed by atoms with van der Waals surface area (Å²) in [5.74, 6) is -0.465. The molecular formula is C28H20N4O4. The molecule has 2 N–H and O–H groups in total. The standard InChI is InChI=1S/C28H20N4O4/c1-15-13-17(33)9-11-21(15)29-31-23-7-3-5-19-25(23)27(35)20-6-4-8-24(26(20)28(19)36)32-30-22-12-10-18(34)14-16(22)2/h3-14,33-34H,1-2H3. The fourth-order valence-corrected chi connectivity index (χ4v) is 4.09. The van der Waals surface area contributed by atoms with Crippen molar-refractivity contribution >= 4 is 34.3 Å². The fraction of sp³-hybridized carbons (Fsp3) is 0.0714. The number of benzene rings is 4. The fourth-order valence-electron chi connectivity index (χ4n) is 4.09. The van der Waals surface area contributed by atoms with E-state index in [0.717, 1.165) is 11.1 Å². The third-order valence-electron chi connectivity index (χ3n) is 5.92. The third-order valence-corrected chi connectivity index (χ3v) is 5.92. The molecule has 1 aliphatic rings. The number of fused-ring (bicyclic) bond motifs is 2. The molecule has 0 atom stereocenters. The van der Waals surface area contributed by atoms with E-state index < -0.39 is 0 Å². The van der Waals surface area contributed by atoms with Crippen LogP contribution in [0.5, 0.6) is 11.5 Å². The van der Waals surface area contributed by atoms with E-state index in [2.05, 4.69) is 20.5 Å². The number of carbonyl (C=O) groups is 2. The van der Waals surface area contributed by atoms with Crippen molar-refractivity contribution in [3.8, 4) is 11.5 Å². The number of hydrogen-bond acceptors (Lipinski definition) is 8. The van der Waals surface area contributed by atoms with Gasteiger partial charge in [-0.15, -0.1) is 10.2 Å². The van der Waals surface area contributed by atoms with Crippen molar-refractivity contribution in [2.45, 2.75) is 13.8 Å². The van der Waals surface area contributed by atoms with Crippen LogP contribution >= 0.6 is 0 Å². The highest BCUT2D eigenvalue weighted by Gasteiger charge is 2.33. The molecule has 0 amide bonds. The molecule has 0 bridgehead atoms. The van der Waals surface area contributed by atoms with Gasteiger partial charge in [0.15, 0.2) is 11.6 Å². The average Bonchev–Trinajstić information content (AvgIpc) is 2.86. The lowest BCUT2D eigenvalue weighted by Gasteiger charge is -2.19. The molecule has 5 rings (SSSR count). The third kappa shape index (κ3) is 4.05. The van der Waals surface area contributed by atoms with Crippen molar-refractivity contribution in [2.75, 3.05) is 0 Å². The van der Waals surface area contributed by atoms with Crippen molar-refractivity contribution in [1.29, 1.82) is 0 Å². The largest absolute Gasteiger partial charge is 0.508 e. The summed E-state index contributed by atoms with van der Waals surface area (Å²) in [4.78, 5) is 27.1. The van der Waals surface area contributed by atoms with Gasteiger partial charge in [-0.2, -0.15) is 10.2 Å². The second-order valence-electron chi connectivity index (χ2n) is 8.40. The molecule has 0 saturated carbocycles. The summed E-state index contributed by atoms with van der Waals surface area (Å²) in [5.41, 5.74) is 3.85. The molecule has 8 nitrogen and oxygen atoms in total. The SMILES string of the molecule is Cc1cc(O)ccc1N=Nc1cccc2c1C(=O)c1cccc(N=Nc3ccc(O)cc3C)c1C2=O. The average molecular weight is 476 g/mol. The highest BCUT2D eigenvalue weighted by Crippen LogP contribution is 2.38. The molecule has 0 fully saturated rings. The Morgan fingerprint density at radius 3 is 1.31 bits per heavy atom. The zero-order chi connectivity index (χ0) is 25.4. The van der Waals surface area contributed by atoms with Crippen molar-refractivity contribution in [1.82, 2.24) is 0 Å². The van der Waals surface area contributed by atoms with Crippen molar-refractivity contribution in [3.05, 3.63) is 106 Å². The number of azo groups is 2. The molecule has 0 saturated heterocycles. The van der Waals surface area contributed by atoms with E-state index in [1.54, 1.807) is 74.5 Å². The Kier molecular flexibility index (Phi) is 5.69. The molecule has 36 heavy (non-hydrogen) atoms. The summed E-state index contributed by atoms with van der Waals surface area (Å²) in [7, 11) is 0. The number of aromatic hydroxyl groups is 2. The Bertz CT molecular complexity index is 1500. The Balaban J connectivity index is 1.55. The van der Waals surface area contributed by atoms with Gasteiger partial charge in [0.05, 0.1) is 33.9 Å². The van der Waals surface area contributed by atoms with E-state index in [0.29, 0.717) is 11.4 Å². The number of phenols is 2. The van der Waals surface area contributed by atoms with Gasteiger partial charge in [0.1, 0.15) is 11.5 Å². The van der Waals surface area contributed by atoms with Gasteiger partial charge in [-0.3, -0.25) is 9.59 Å². The summed E-state index contributed by atoms with van der Waals surface area (Å²) < 4.78 is 0. The highest BCUT2D eigenvalue weighted by atomic mass is 16.3. The predicted octanol–water partition coefficient (Wildman–Crippen LogP) is 7.32. The molecule has 1 aliphatic carbocycles. The van der Waals surface area contributed by atoms with E-state index in [4.69, 9.17) is 0 Å². The quantitative estimate of drug-likeness (QED) is 0.264. The predicted molar refractivity (Wildman–Crippen MR) is 134 cm³/mol. The minimum absolute atomic E-state index is 0.120. The smallest absolute Gasteiger partial charge is 0.196 e. The molecule has 176 valence electrons. The number of carbonyl (C=O) groups excluding carboxylic acids is 2. The first-order valence-corrected chi connectivity index (χ1v) is 11.1. The van der Waals surface area contributed by atoms with Gasteiger partial charge in [-0.25, -0.2) is 0 Å². The lowest BCUT2D eigenvalue weighted by atomic mass is 9.82. The number of aryl methyl sites for hydroxylation is 2. The lowest BCUT2D eigenvalue weighted by molar-refractivity contribution is 0.0980. The molecule has 4 aromatic carbocycles. The zero-order valence-corrected chi connectivity index (χ0v) is 19.4. The normalized spacial score (nSPS) is 12.8. The van der Waals surface area contributed by atoms with Crippen LogP contribution in [0.3, 0.4) is 0 Å². The van der Waals surface area contributed by atoms with Crippen LogP contribution in [-0.2, 0) is 0 Å². The first-order valence-electron chi connectivity index (χ1n) is 11.1. The number of rotatable bonds is 4. The minimum atomic E-state index is -0.352. The monoisotopic (exact) mass is 476 g/mol. The first kappa shape index (κ1) is 22.8. The van der Waals surface area contributed by atoms with Gasteiger partial charge in [-0.05, 0) is 73.5 Å². The van der Waals surface area contributed by atoms with E-state index in [9.17, 15) is 19.8 Å². The maximum Gasteiger partial charge on any atom is 0.196 e. The maximum absolute atomic E-state index is 13.5. The molecule has 0 spiro atoms. The van der Waals surface area contributed by atoms with Crippen LogP contribution in [0.25, 0.3) is 0 Å². The van der Waals surface area contributed by atoms with Gasteiger partial charge in [-0.1, -0.05) is 24.3 Å². The second-order valence-corrected chi connectivity index (χ2v) is 8.40. The van der Waals surface area contributed by atoms with E-state index in [1.165, 1.54) is 12.1 Å². The Morgan fingerprint density at radius 2 is 0.917 bits per heavy atom. The minimum Gasteiger partial charge on any atom is -0.508 e. The molecule has 8 heteroatoms. The summed E-state index contributed by atoms with van der Waals surface area (Å²) in [6.07, 6.45) is 0. The van der Waals surface area contributed by atoms with Gasteiger partial charge >= 0.3 is 0 Å². The van der Waals surface area contributed by atoms with Crippen LogP contribution in [0.15, 0.2) is 93.3 Å². The van der Waals surface area contributed by atoms with Gasteiger partial charge in [0, 0.05) is 11.1 Å². The molecule has 0 aliphatic heterocycles. The topological polar surface area (TPSA) is 124 Å². The number of phenolic OH excluding ortho intramolecular Hbond substituents is 2. The lowest BCUT2D eigenvalue weighted by Crippen LogP contribution is -2.21. The first-order chi connectivity index (χ1) is 17.3. The zero-order valence-electron chi connectivity index (χ0n) is 19.4. The van der Waals surface area contributed by atoms with Gasteiger partial charge < -0.3 is 10.2 Å². The second kappa shape index (κ2) is 8.99. The Hall–Kier alpha value is -4.98. The summed E-state index contributed by atoms with van der Waals surface area (Å²) in [5, 5.41) is 36.2. The summed E-state index contributed by atoms with van der Waals surface area (Å²) >= 11 is 0. The molecule has 0 unspecified atom stereocenters. The van der Waals surface area contributed by atoms with Crippen LogP contribution < -0.4 is 0 Å². The molecule has 0 aromatic heterocycles. The van der Waals surface area contributed by atoms with Crippen molar-refractivity contribution in [2.24, 2.45) is 20.5 Å². The van der Waals surface area contributed by atoms with Crippen LogP contribution in [0, 0.1) is 13.8 Å². The van der Waals surface area contributed by atoms with Crippen molar-refractivity contribution < 1.29 is 19.8 Å². The Morgan fingerprint density at radius 1 is 0.528 bits per heavy atom. The molecular weight excluding hydrogens is 456 g/mol. The summed E-state index contributed by atoms with van der Waals surface area (Å²) in [6.45, 7) is 3.57. The maximum atomic E-state index is 13.5. The van der Waals surface area contributed by atoms with Gasteiger partial charge in [0.2, 0.25) is 0 Å². The molecule has 4 aromatic rings. The number of nitrogens with zero attached hydrogens (tertiary/aromatic N) is 4. The van der Waals surface area contributed by atoms with Crippen LogP contribution in [0.1, 0.15) is 43.0 Å². The molecule has 0 radical (unpaired) electrons. The highest BCUT2D eigenvalue weighted by molar-refractivity contribution is 6.31. The molecule has 0 heterocycles. The van der Waals surface area contributed by atoms with E-state index in [1.807, 2.05) is 0 Å². The number of hydrogen-bond donors (Lipinski definition) is 2. The van der Waals surface area contributed by atoms with Crippen LogP contribution in [-0.4, -0.2) is 21.8 Å². The Labute approximate surface area is 206 Å².